The summed E-state index contributed by atoms with van der Waals surface area (Å²) in [5.41, 5.74) is 0. The van der Waals surface area contributed by atoms with Crippen molar-refractivity contribution in [2.45, 2.75) is 25.9 Å². The van der Waals surface area contributed by atoms with E-state index >= 15 is 0 Å². The van der Waals surface area contributed by atoms with Gasteiger partial charge in [0.1, 0.15) is 6.61 Å². The number of hydrogen-bond acceptors (Lipinski definition) is 7. The first kappa shape index (κ1) is 12.8. The van der Waals surface area contributed by atoms with E-state index in [0.29, 0.717) is 0 Å². The normalized spacial score (nSPS) is 16.6. The van der Waals surface area contributed by atoms with Gasteiger partial charge in [0.25, 0.3) is 12.1 Å². The molecule has 0 heterocycles. The maximum absolute atomic E-state index is 10.5. The number of carbonyl (C=O) groups excluding carboxylic acids is 2. The van der Waals surface area contributed by atoms with E-state index in [1.807, 2.05) is 0 Å². The molecule has 0 saturated carbocycles. The van der Waals surface area contributed by atoms with Crippen molar-refractivity contribution in [2.24, 2.45) is 0 Å². The van der Waals surface area contributed by atoms with Crippen molar-refractivity contribution >= 4 is 11.9 Å². The highest BCUT2D eigenvalue weighted by atomic mass is 16.7. The molecule has 2 atom stereocenters. The molecule has 0 amide bonds. The molecule has 0 rings (SSSR count). The lowest BCUT2D eigenvalue weighted by Gasteiger charge is -2.28. The fourth-order valence-electron chi connectivity index (χ4n) is 0.659. The van der Waals surface area contributed by atoms with Crippen LogP contribution in [-0.4, -0.2) is 45.9 Å². The highest BCUT2D eigenvalue weighted by Crippen LogP contribution is 2.13. The molecule has 0 aliphatic rings. The standard InChI is InChI=1S/C7H12O7/c1-4(9)13-6(11)7(12,3-8)14-5(2)10/h6,8,11-12H,3H2,1-2H3. The Morgan fingerprint density at radius 1 is 1.36 bits per heavy atom. The number of esters is 2. The monoisotopic (exact) mass is 208 g/mol. The van der Waals surface area contributed by atoms with Crippen molar-refractivity contribution in [3.05, 3.63) is 0 Å². The second-order valence-electron chi connectivity index (χ2n) is 2.56. The fraction of sp³-hybridized carbons (Fsp3) is 0.714. The predicted octanol–water partition coefficient (Wildman–Crippen LogP) is -1.89. The van der Waals surface area contributed by atoms with Crippen LogP contribution in [0.25, 0.3) is 0 Å². The summed E-state index contributed by atoms with van der Waals surface area (Å²) >= 11 is 0. The van der Waals surface area contributed by atoms with Crippen molar-refractivity contribution in [3.63, 3.8) is 0 Å². The molecule has 7 nitrogen and oxygen atoms in total. The zero-order valence-corrected chi connectivity index (χ0v) is 7.76. The molecule has 2 unspecified atom stereocenters. The van der Waals surface area contributed by atoms with Gasteiger partial charge in [-0.1, -0.05) is 0 Å². The van der Waals surface area contributed by atoms with Crippen LogP contribution in [0.15, 0.2) is 0 Å². The fourth-order valence-corrected chi connectivity index (χ4v) is 0.659. The summed E-state index contributed by atoms with van der Waals surface area (Å²) in [6, 6.07) is 0. The van der Waals surface area contributed by atoms with Gasteiger partial charge in [0.05, 0.1) is 0 Å². The number of aliphatic hydroxyl groups is 3. The number of hydrogen-bond donors (Lipinski definition) is 3. The van der Waals surface area contributed by atoms with Crippen molar-refractivity contribution in [3.8, 4) is 0 Å². The summed E-state index contributed by atoms with van der Waals surface area (Å²) in [5.74, 6) is -4.46. The molecule has 0 radical (unpaired) electrons. The van der Waals surface area contributed by atoms with Gasteiger partial charge in [-0.15, -0.1) is 0 Å². The third-order valence-electron chi connectivity index (χ3n) is 1.21. The maximum Gasteiger partial charge on any atom is 0.305 e. The van der Waals surface area contributed by atoms with Crippen molar-refractivity contribution in [1.82, 2.24) is 0 Å². The van der Waals surface area contributed by atoms with E-state index in [0.717, 1.165) is 13.8 Å². The Morgan fingerprint density at radius 2 is 1.86 bits per heavy atom. The van der Waals surface area contributed by atoms with E-state index < -0.39 is 30.6 Å². The summed E-state index contributed by atoms with van der Waals surface area (Å²) in [5, 5.41) is 27.0. The van der Waals surface area contributed by atoms with E-state index in [1.54, 1.807) is 0 Å². The molecule has 0 aliphatic carbocycles. The lowest BCUT2D eigenvalue weighted by Crippen LogP contribution is -2.51. The van der Waals surface area contributed by atoms with Gasteiger partial charge in [-0.3, -0.25) is 9.59 Å². The van der Waals surface area contributed by atoms with Gasteiger partial charge in [-0.25, -0.2) is 0 Å². The summed E-state index contributed by atoms with van der Waals surface area (Å²) < 4.78 is 8.33. The third kappa shape index (κ3) is 3.69. The van der Waals surface area contributed by atoms with Gasteiger partial charge in [-0.2, -0.15) is 0 Å². The molecule has 0 aromatic carbocycles. The van der Waals surface area contributed by atoms with Gasteiger partial charge in [0.15, 0.2) is 0 Å². The van der Waals surface area contributed by atoms with Crippen LogP contribution in [0.1, 0.15) is 13.8 Å². The van der Waals surface area contributed by atoms with Gasteiger partial charge < -0.3 is 24.8 Å². The molecule has 3 N–H and O–H groups in total. The van der Waals surface area contributed by atoms with E-state index in [2.05, 4.69) is 9.47 Å². The average Bonchev–Trinajstić information content (AvgIpc) is 2.01. The van der Waals surface area contributed by atoms with E-state index in [4.69, 9.17) is 10.2 Å². The SMILES string of the molecule is CC(=O)OC(O)C(O)(CO)OC(C)=O. The van der Waals surface area contributed by atoms with Crippen LogP contribution >= 0.6 is 0 Å². The largest absolute Gasteiger partial charge is 0.429 e. The van der Waals surface area contributed by atoms with Crippen LogP contribution in [0.2, 0.25) is 0 Å². The van der Waals surface area contributed by atoms with E-state index in [-0.39, 0.29) is 0 Å². The minimum absolute atomic E-state index is 0.892. The Kier molecular flexibility index (Phi) is 4.48. The van der Waals surface area contributed by atoms with Gasteiger partial charge >= 0.3 is 11.9 Å². The Bertz CT molecular complexity index is 226. The molecule has 0 aromatic rings. The Labute approximate surface area is 79.9 Å². The smallest absolute Gasteiger partial charge is 0.305 e. The first-order valence-electron chi connectivity index (χ1n) is 3.70. The Morgan fingerprint density at radius 3 is 2.14 bits per heavy atom. The molecule has 0 fully saturated rings. The molecule has 0 aliphatic heterocycles. The lowest BCUT2D eigenvalue weighted by atomic mass is 10.3. The summed E-state index contributed by atoms with van der Waals surface area (Å²) in [6.07, 6.45) is -2.13. The highest BCUT2D eigenvalue weighted by Gasteiger charge is 2.41. The lowest BCUT2D eigenvalue weighted by molar-refractivity contribution is -0.312. The van der Waals surface area contributed by atoms with Crippen LogP contribution < -0.4 is 0 Å². The molecule has 14 heavy (non-hydrogen) atoms. The van der Waals surface area contributed by atoms with Crippen LogP contribution in [-0.2, 0) is 19.1 Å². The Hall–Kier alpha value is -1.18. The molecular weight excluding hydrogens is 196 g/mol. The van der Waals surface area contributed by atoms with Crippen molar-refractivity contribution in [2.75, 3.05) is 6.61 Å². The quantitative estimate of drug-likeness (QED) is 0.365. The summed E-state index contributed by atoms with van der Waals surface area (Å²) in [4.78, 5) is 20.9. The molecule has 0 bridgehead atoms. The first-order chi connectivity index (χ1) is 6.31. The number of aliphatic hydroxyl groups excluding tert-OH is 2. The number of carbonyl (C=O) groups is 2. The van der Waals surface area contributed by atoms with E-state index in [9.17, 15) is 14.7 Å². The van der Waals surface area contributed by atoms with Crippen LogP contribution in [0.3, 0.4) is 0 Å². The molecule has 0 spiro atoms. The molecule has 0 saturated heterocycles. The molecular formula is C7H12O7. The zero-order valence-electron chi connectivity index (χ0n) is 7.76. The van der Waals surface area contributed by atoms with Crippen LogP contribution in [0, 0.1) is 0 Å². The van der Waals surface area contributed by atoms with E-state index in [1.165, 1.54) is 0 Å². The first-order valence-corrected chi connectivity index (χ1v) is 3.70. The average molecular weight is 208 g/mol. The maximum atomic E-state index is 10.5. The molecule has 0 aromatic heterocycles. The van der Waals surface area contributed by atoms with Crippen molar-refractivity contribution in [1.29, 1.82) is 0 Å². The summed E-state index contributed by atoms with van der Waals surface area (Å²) in [6.45, 7) is 0.844. The minimum atomic E-state index is -2.63. The second-order valence-corrected chi connectivity index (χ2v) is 2.56. The third-order valence-corrected chi connectivity index (χ3v) is 1.21. The number of ether oxygens (including phenoxy) is 2. The molecule has 82 valence electrons. The topological polar surface area (TPSA) is 113 Å². The van der Waals surface area contributed by atoms with Crippen LogP contribution in [0.5, 0.6) is 0 Å². The van der Waals surface area contributed by atoms with Gasteiger partial charge in [0, 0.05) is 13.8 Å². The second kappa shape index (κ2) is 4.89. The highest BCUT2D eigenvalue weighted by molar-refractivity contribution is 5.67. The predicted molar refractivity (Wildman–Crippen MR) is 41.6 cm³/mol. The zero-order chi connectivity index (χ0) is 11.4. The summed E-state index contributed by atoms with van der Waals surface area (Å²) in [7, 11) is 0. The Balaban J connectivity index is 4.49. The minimum Gasteiger partial charge on any atom is -0.429 e. The molecule has 7 heteroatoms. The van der Waals surface area contributed by atoms with Crippen molar-refractivity contribution < 1.29 is 34.4 Å². The van der Waals surface area contributed by atoms with Gasteiger partial charge in [0.2, 0.25) is 0 Å². The van der Waals surface area contributed by atoms with Crippen LogP contribution in [0.4, 0.5) is 0 Å². The number of rotatable bonds is 4. The van der Waals surface area contributed by atoms with Gasteiger partial charge in [-0.05, 0) is 0 Å².